The Morgan fingerprint density at radius 2 is 2.42 bits per heavy atom. The molecule has 1 saturated heterocycles. The van der Waals surface area contributed by atoms with Crippen LogP contribution >= 0.6 is 23.1 Å². The first-order chi connectivity index (χ1) is 9.24. The molecule has 2 rings (SSSR count). The zero-order chi connectivity index (χ0) is 13.7. The van der Waals surface area contributed by atoms with Gasteiger partial charge in [0.1, 0.15) is 0 Å². The standard InChI is InChI=1S/C14H21NO2S2/c1-17-9-12-5-6-13(19-12)14(16)15-7-3-4-11(8-15)10-18-2/h5-6,11H,3-4,7-10H2,1-2H3/t11-/m0/s1. The van der Waals surface area contributed by atoms with Crippen molar-refractivity contribution in [2.75, 3.05) is 32.2 Å². The van der Waals surface area contributed by atoms with Crippen LogP contribution in [0, 0.1) is 5.92 Å². The van der Waals surface area contributed by atoms with Gasteiger partial charge in [0.25, 0.3) is 5.91 Å². The van der Waals surface area contributed by atoms with E-state index in [4.69, 9.17) is 4.74 Å². The summed E-state index contributed by atoms with van der Waals surface area (Å²) in [6, 6.07) is 3.92. The Morgan fingerprint density at radius 3 is 3.16 bits per heavy atom. The van der Waals surface area contributed by atoms with Crippen LogP contribution in [0.1, 0.15) is 27.4 Å². The van der Waals surface area contributed by atoms with Gasteiger partial charge in [-0.2, -0.15) is 11.8 Å². The van der Waals surface area contributed by atoms with E-state index in [1.165, 1.54) is 6.42 Å². The van der Waals surface area contributed by atoms with Gasteiger partial charge in [0, 0.05) is 25.1 Å². The molecule has 1 amide bonds. The van der Waals surface area contributed by atoms with Gasteiger partial charge in [0.15, 0.2) is 0 Å². The summed E-state index contributed by atoms with van der Waals surface area (Å²) < 4.78 is 5.10. The third-order valence-electron chi connectivity index (χ3n) is 3.37. The predicted molar refractivity (Wildman–Crippen MR) is 82.0 cm³/mol. The summed E-state index contributed by atoms with van der Waals surface area (Å²) in [6.07, 6.45) is 4.52. The van der Waals surface area contributed by atoms with Crippen molar-refractivity contribution in [1.29, 1.82) is 0 Å². The summed E-state index contributed by atoms with van der Waals surface area (Å²) in [6.45, 7) is 2.41. The number of carbonyl (C=O) groups excluding carboxylic acids is 1. The molecule has 1 atom stereocenters. The third-order valence-corrected chi connectivity index (χ3v) is 5.22. The summed E-state index contributed by atoms with van der Waals surface area (Å²) in [7, 11) is 1.68. The number of nitrogens with zero attached hydrogens (tertiary/aromatic N) is 1. The molecule has 1 aliphatic heterocycles. The Morgan fingerprint density at radius 1 is 1.58 bits per heavy atom. The van der Waals surface area contributed by atoms with Crippen LogP contribution in [0.15, 0.2) is 12.1 Å². The van der Waals surface area contributed by atoms with Gasteiger partial charge >= 0.3 is 0 Å². The molecule has 0 radical (unpaired) electrons. The average molecular weight is 299 g/mol. The summed E-state index contributed by atoms with van der Waals surface area (Å²) in [5.74, 6) is 2.01. The number of rotatable bonds is 5. The number of piperidine rings is 1. The number of methoxy groups -OCH3 is 1. The van der Waals surface area contributed by atoms with Crippen molar-refractivity contribution < 1.29 is 9.53 Å². The third kappa shape index (κ3) is 3.97. The van der Waals surface area contributed by atoms with Crippen LogP contribution in [0.25, 0.3) is 0 Å². The highest BCUT2D eigenvalue weighted by Crippen LogP contribution is 2.24. The van der Waals surface area contributed by atoms with E-state index in [9.17, 15) is 4.79 Å². The highest BCUT2D eigenvalue weighted by atomic mass is 32.2. The molecule has 5 heteroatoms. The van der Waals surface area contributed by atoms with Gasteiger partial charge in [-0.15, -0.1) is 11.3 Å². The minimum atomic E-state index is 0.193. The smallest absolute Gasteiger partial charge is 0.263 e. The van der Waals surface area contributed by atoms with E-state index < -0.39 is 0 Å². The molecule has 0 unspecified atom stereocenters. The van der Waals surface area contributed by atoms with Crippen molar-refractivity contribution in [2.45, 2.75) is 19.4 Å². The molecule has 19 heavy (non-hydrogen) atoms. The number of carbonyl (C=O) groups is 1. The van der Waals surface area contributed by atoms with Crippen molar-refractivity contribution in [1.82, 2.24) is 4.90 Å². The summed E-state index contributed by atoms with van der Waals surface area (Å²) in [5.41, 5.74) is 0. The lowest BCUT2D eigenvalue weighted by molar-refractivity contribution is 0.0690. The van der Waals surface area contributed by atoms with Crippen LogP contribution in [0.4, 0.5) is 0 Å². The number of likely N-dealkylation sites (tertiary alicyclic amines) is 1. The monoisotopic (exact) mass is 299 g/mol. The highest BCUT2D eigenvalue weighted by Gasteiger charge is 2.24. The molecular weight excluding hydrogens is 278 g/mol. The van der Waals surface area contributed by atoms with E-state index in [2.05, 4.69) is 6.26 Å². The highest BCUT2D eigenvalue weighted by molar-refractivity contribution is 7.98. The molecule has 0 N–H and O–H groups in total. The molecule has 0 saturated carbocycles. The van der Waals surface area contributed by atoms with Gasteiger partial charge in [-0.05, 0) is 42.9 Å². The van der Waals surface area contributed by atoms with E-state index in [1.807, 2.05) is 28.8 Å². The van der Waals surface area contributed by atoms with Gasteiger partial charge in [-0.1, -0.05) is 0 Å². The zero-order valence-electron chi connectivity index (χ0n) is 11.6. The molecule has 0 bridgehead atoms. The second kappa shape index (κ2) is 7.31. The van der Waals surface area contributed by atoms with Crippen molar-refractivity contribution in [3.63, 3.8) is 0 Å². The van der Waals surface area contributed by atoms with E-state index in [0.717, 1.165) is 35.0 Å². The lowest BCUT2D eigenvalue weighted by Gasteiger charge is -2.32. The first-order valence-electron chi connectivity index (χ1n) is 6.60. The Hall–Kier alpha value is -0.520. The van der Waals surface area contributed by atoms with E-state index in [0.29, 0.717) is 12.5 Å². The van der Waals surface area contributed by atoms with Crippen molar-refractivity contribution in [2.24, 2.45) is 5.92 Å². The Balaban J connectivity index is 1.97. The molecule has 1 fully saturated rings. The van der Waals surface area contributed by atoms with Crippen LogP contribution in [-0.4, -0.2) is 43.0 Å². The van der Waals surface area contributed by atoms with Crippen molar-refractivity contribution in [3.8, 4) is 0 Å². The van der Waals surface area contributed by atoms with Gasteiger partial charge < -0.3 is 9.64 Å². The molecule has 3 nitrogen and oxygen atoms in total. The fourth-order valence-corrected chi connectivity index (χ4v) is 4.18. The Labute approximate surface area is 123 Å². The Kier molecular flexibility index (Phi) is 5.73. The molecule has 1 aromatic heterocycles. The van der Waals surface area contributed by atoms with E-state index in [1.54, 1.807) is 18.4 Å². The summed E-state index contributed by atoms with van der Waals surface area (Å²) in [5, 5.41) is 0. The van der Waals surface area contributed by atoms with Crippen LogP contribution in [0.2, 0.25) is 0 Å². The van der Waals surface area contributed by atoms with Crippen molar-refractivity contribution >= 4 is 29.0 Å². The first-order valence-corrected chi connectivity index (χ1v) is 8.81. The molecule has 0 aliphatic carbocycles. The summed E-state index contributed by atoms with van der Waals surface area (Å²) in [4.78, 5) is 16.4. The largest absolute Gasteiger partial charge is 0.379 e. The SMILES string of the molecule is COCc1ccc(C(=O)N2CCC[C@H](CSC)C2)s1. The minimum Gasteiger partial charge on any atom is -0.379 e. The normalized spacial score (nSPS) is 19.7. The zero-order valence-corrected chi connectivity index (χ0v) is 13.2. The van der Waals surface area contributed by atoms with Crippen molar-refractivity contribution in [3.05, 3.63) is 21.9 Å². The van der Waals surface area contributed by atoms with Gasteiger partial charge in [-0.25, -0.2) is 0 Å². The molecule has 2 heterocycles. The maximum atomic E-state index is 12.5. The summed E-state index contributed by atoms with van der Waals surface area (Å²) >= 11 is 3.43. The first kappa shape index (κ1) is 14.9. The topological polar surface area (TPSA) is 29.5 Å². The minimum absolute atomic E-state index is 0.193. The van der Waals surface area contributed by atoms with Gasteiger partial charge in [-0.3, -0.25) is 4.79 Å². The average Bonchev–Trinajstić information content (AvgIpc) is 2.88. The number of hydrogen-bond donors (Lipinski definition) is 0. The number of thiophene rings is 1. The second-order valence-electron chi connectivity index (χ2n) is 4.91. The fourth-order valence-electron chi connectivity index (χ4n) is 2.49. The molecule has 1 aliphatic rings. The maximum Gasteiger partial charge on any atom is 0.263 e. The van der Waals surface area contributed by atoms with E-state index >= 15 is 0 Å². The number of hydrogen-bond acceptors (Lipinski definition) is 4. The Bertz CT molecular complexity index is 417. The fraction of sp³-hybridized carbons (Fsp3) is 0.643. The molecule has 106 valence electrons. The second-order valence-corrected chi connectivity index (χ2v) is 6.99. The number of amides is 1. The number of ether oxygens (including phenoxy) is 1. The lowest BCUT2D eigenvalue weighted by atomic mass is 10.00. The lowest BCUT2D eigenvalue weighted by Crippen LogP contribution is -2.40. The van der Waals surface area contributed by atoms with Crippen LogP contribution < -0.4 is 0 Å². The number of thioether (sulfide) groups is 1. The van der Waals surface area contributed by atoms with Crippen LogP contribution in [0.5, 0.6) is 0 Å². The quantitative estimate of drug-likeness (QED) is 0.836. The molecule has 0 spiro atoms. The molecule has 1 aromatic rings. The molecular formula is C14H21NO2S2. The van der Waals surface area contributed by atoms with E-state index in [-0.39, 0.29) is 5.91 Å². The van der Waals surface area contributed by atoms with Gasteiger partial charge in [0.2, 0.25) is 0 Å². The maximum absolute atomic E-state index is 12.5. The van der Waals surface area contributed by atoms with Crippen LogP contribution in [-0.2, 0) is 11.3 Å². The molecule has 0 aromatic carbocycles. The predicted octanol–water partition coefficient (Wildman–Crippen LogP) is 3.11. The van der Waals surface area contributed by atoms with Gasteiger partial charge in [0.05, 0.1) is 11.5 Å². The van der Waals surface area contributed by atoms with Crippen LogP contribution in [0.3, 0.4) is 0 Å².